The quantitative estimate of drug-likeness (QED) is 0.617. The average molecular weight is 381 g/mol. The summed E-state index contributed by atoms with van der Waals surface area (Å²) in [6.45, 7) is 10.8. The summed E-state index contributed by atoms with van der Waals surface area (Å²) in [5.74, 6) is -1.30. The van der Waals surface area contributed by atoms with Crippen LogP contribution in [0.5, 0.6) is 0 Å². The first-order chi connectivity index (χ1) is 12.5. The number of hydrogen-bond donors (Lipinski definition) is 0. The van der Waals surface area contributed by atoms with Gasteiger partial charge in [0.15, 0.2) is 5.58 Å². The van der Waals surface area contributed by atoms with Gasteiger partial charge in [-0.05, 0) is 40.7 Å². The average Bonchev–Trinajstić information content (AvgIpc) is 2.95. The zero-order valence-corrected chi connectivity index (χ0v) is 17.2. The van der Waals surface area contributed by atoms with Gasteiger partial charge in [-0.25, -0.2) is 4.79 Å². The fraction of sp³-hybridized carbons (Fsp3) is 0.526. The Balaban J connectivity index is 0.00000280. The first-order valence-electron chi connectivity index (χ1n) is 8.84. The molecule has 0 aliphatic carbocycles. The number of carbonyl (C=O) groups excluding carboxylic acids is 2. The predicted molar refractivity (Wildman–Crippen MR) is 97.6 cm³/mol. The van der Waals surface area contributed by atoms with Crippen LogP contribution in [-0.4, -0.2) is 52.7 Å². The van der Waals surface area contributed by atoms with Crippen molar-refractivity contribution in [3.05, 3.63) is 23.8 Å². The number of nitrogens with zero attached hydrogens (tertiary/aromatic N) is 3. The Hall–Kier alpha value is -2.17. The number of rotatable bonds is 2. The fourth-order valence-electron chi connectivity index (χ4n) is 3.21. The maximum absolute atomic E-state index is 12.4. The molecule has 1 saturated heterocycles. The Morgan fingerprint density at radius 1 is 1.25 bits per heavy atom. The molecule has 3 rings (SSSR count). The van der Waals surface area contributed by atoms with Gasteiger partial charge in [-0.15, -0.1) is 0 Å². The number of aromatic nitrogens is 1. The molecule has 1 aromatic heterocycles. The smallest absolute Gasteiger partial charge is 0.545 e. The molecule has 0 spiro atoms. The second-order valence-corrected chi connectivity index (χ2v) is 8.30. The minimum atomic E-state index is -1.30. The second kappa shape index (κ2) is 7.68. The Bertz CT molecular complexity index is 887. The van der Waals surface area contributed by atoms with E-state index in [9.17, 15) is 14.7 Å². The van der Waals surface area contributed by atoms with E-state index < -0.39 is 17.1 Å². The second-order valence-electron chi connectivity index (χ2n) is 8.30. The van der Waals surface area contributed by atoms with E-state index in [2.05, 4.69) is 4.98 Å². The number of piperazine rings is 1. The van der Waals surface area contributed by atoms with Gasteiger partial charge in [0, 0.05) is 25.2 Å². The molecule has 146 valence electrons. The molecule has 28 heavy (non-hydrogen) atoms. The molecule has 9 heteroatoms. The first-order valence-corrected chi connectivity index (χ1v) is 8.84. The van der Waals surface area contributed by atoms with E-state index in [4.69, 9.17) is 9.15 Å². The third kappa shape index (κ3) is 4.45. The number of carboxylic acid groups (broad SMARTS) is 1. The molecule has 0 N–H and O–H groups in total. The predicted octanol–water partition coefficient (Wildman–Crippen LogP) is -0.969. The van der Waals surface area contributed by atoms with Crippen molar-refractivity contribution in [1.29, 1.82) is 0 Å². The van der Waals surface area contributed by atoms with Crippen molar-refractivity contribution in [2.45, 2.75) is 45.8 Å². The van der Waals surface area contributed by atoms with Gasteiger partial charge >= 0.3 is 25.0 Å². The number of carboxylic acids is 1. The molecule has 0 bridgehead atoms. The molecule has 1 aromatic carbocycles. The van der Waals surface area contributed by atoms with Crippen LogP contribution < -0.4 is 28.9 Å². The van der Waals surface area contributed by atoms with E-state index in [1.807, 2.05) is 39.5 Å². The van der Waals surface area contributed by atoms with Gasteiger partial charge in [-0.2, -0.15) is 4.98 Å². The molecular formula is C19H24LiN3O5. The van der Waals surface area contributed by atoms with Crippen LogP contribution in [0.3, 0.4) is 0 Å². The van der Waals surface area contributed by atoms with Crippen molar-refractivity contribution >= 4 is 29.2 Å². The van der Waals surface area contributed by atoms with Crippen LogP contribution >= 0.6 is 0 Å². The zero-order chi connectivity index (χ0) is 20.0. The minimum Gasteiger partial charge on any atom is -0.545 e. The summed E-state index contributed by atoms with van der Waals surface area (Å²) in [7, 11) is 0. The molecule has 2 aromatic rings. The number of hydrogen-bond acceptors (Lipinski definition) is 7. The molecule has 2 heterocycles. The van der Waals surface area contributed by atoms with Gasteiger partial charge < -0.3 is 28.9 Å². The van der Waals surface area contributed by atoms with Crippen molar-refractivity contribution in [2.24, 2.45) is 0 Å². The van der Waals surface area contributed by atoms with E-state index >= 15 is 0 Å². The van der Waals surface area contributed by atoms with Gasteiger partial charge in [-0.3, -0.25) is 0 Å². The third-order valence-corrected chi connectivity index (χ3v) is 4.41. The van der Waals surface area contributed by atoms with Crippen LogP contribution in [-0.2, 0) is 4.74 Å². The summed E-state index contributed by atoms with van der Waals surface area (Å²) < 4.78 is 11.3. The summed E-state index contributed by atoms with van der Waals surface area (Å²) in [5, 5.41) is 11.3. The molecule has 1 aliphatic rings. The topological polar surface area (TPSA) is 98.9 Å². The van der Waals surface area contributed by atoms with Crippen LogP contribution in [0.15, 0.2) is 22.6 Å². The van der Waals surface area contributed by atoms with Crippen molar-refractivity contribution in [1.82, 2.24) is 9.88 Å². The molecule has 0 atom stereocenters. The van der Waals surface area contributed by atoms with Gasteiger partial charge in [0.25, 0.3) is 6.01 Å². The van der Waals surface area contributed by atoms with E-state index in [-0.39, 0.29) is 36.0 Å². The largest absolute Gasteiger partial charge is 1.00 e. The zero-order valence-electron chi connectivity index (χ0n) is 17.2. The number of anilines is 1. The number of oxazole rings is 1. The maximum Gasteiger partial charge on any atom is 1.00 e. The Morgan fingerprint density at radius 2 is 1.93 bits per heavy atom. The van der Waals surface area contributed by atoms with Crippen molar-refractivity contribution in [3.63, 3.8) is 0 Å². The summed E-state index contributed by atoms with van der Waals surface area (Å²) >= 11 is 0. The van der Waals surface area contributed by atoms with Crippen LogP contribution in [0.1, 0.15) is 45.0 Å². The Kier molecular flexibility index (Phi) is 6.07. The summed E-state index contributed by atoms with van der Waals surface area (Å²) in [5.41, 5.74) is -0.389. The number of aromatic carboxylic acids is 1. The van der Waals surface area contributed by atoms with Crippen LogP contribution in [0.25, 0.3) is 11.1 Å². The number of para-hydroxylation sites is 1. The third-order valence-electron chi connectivity index (χ3n) is 4.41. The molecule has 1 amide bonds. The van der Waals surface area contributed by atoms with Crippen LogP contribution in [0.2, 0.25) is 0 Å². The van der Waals surface area contributed by atoms with Gasteiger partial charge in [0.05, 0.1) is 11.5 Å². The molecule has 1 aliphatic heterocycles. The summed E-state index contributed by atoms with van der Waals surface area (Å²) in [6.07, 6.45) is -0.355. The number of carbonyl (C=O) groups is 2. The first kappa shape index (κ1) is 22.1. The molecule has 8 nitrogen and oxygen atoms in total. The van der Waals surface area contributed by atoms with E-state index in [1.54, 1.807) is 17.0 Å². The summed E-state index contributed by atoms with van der Waals surface area (Å²) in [4.78, 5) is 31.7. The minimum absolute atomic E-state index is 0. The van der Waals surface area contributed by atoms with E-state index in [0.717, 1.165) is 0 Å². The molecule has 0 unspecified atom stereocenters. The van der Waals surface area contributed by atoms with E-state index in [0.29, 0.717) is 31.2 Å². The van der Waals surface area contributed by atoms with Crippen molar-refractivity contribution < 1.29 is 42.7 Å². The van der Waals surface area contributed by atoms with Gasteiger partial charge in [0.2, 0.25) is 0 Å². The van der Waals surface area contributed by atoms with Gasteiger partial charge in [-0.1, -0.05) is 12.1 Å². The Morgan fingerprint density at radius 3 is 2.50 bits per heavy atom. The van der Waals surface area contributed by atoms with Crippen molar-refractivity contribution in [2.75, 3.05) is 24.5 Å². The maximum atomic E-state index is 12.4. The molecule has 0 radical (unpaired) electrons. The molecule has 0 saturated carbocycles. The molecular weight excluding hydrogens is 357 g/mol. The van der Waals surface area contributed by atoms with Crippen molar-refractivity contribution in [3.8, 4) is 0 Å². The SMILES string of the molecule is CC(C)(C)OC(=O)N1CCN(c2nc3c(C(=O)[O-])cccc3o2)C(C)(C)C1.[Li+]. The normalized spacial score (nSPS) is 16.6. The summed E-state index contributed by atoms with van der Waals surface area (Å²) in [6, 6.07) is 5.03. The monoisotopic (exact) mass is 381 g/mol. The van der Waals surface area contributed by atoms with E-state index in [1.165, 1.54) is 6.07 Å². The number of fused-ring (bicyclic) bond motifs is 1. The number of amides is 1. The van der Waals surface area contributed by atoms with Gasteiger partial charge in [0.1, 0.15) is 11.1 Å². The number of ether oxygens (including phenoxy) is 1. The number of benzene rings is 1. The van der Waals surface area contributed by atoms with Crippen LogP contribution in [0.4, 0.5) is 10.8 Å². The van der Waals surface area contributed by atoms with Crippen LogP contribution in [0, 0.1) is 0 Å². The standard InChI is InChI=1S/C19H25N3O5.Li/c1-18(2,3)27-17(25)21-9-10-22(19(4,5)11-21)16-20-14-12(15(23)24)7-6-8-13(14)26-16;/h6-8H,9-11H2,1-5H3,(H,23,24);/q;+1/p-1. The fourth-order valence-corrected chi connectivity index (χ4v) is 3.21. The molecule has 1 fully saturated rings. The Labute approximate surface area is 176 Å².